The van der Waals surface area contributed by atoms with Crippen LogP contribution in [0.5, 0.6) is 5.75 Å². The highest BCUT2D eigenvalue weighted by molar-refractivity contribution is 6.60. The normalized spacial score (nSPS) is 15.6. The van der Waals surface area contributed by atoms with E-state index < -0.39 is 0 Å². The number of aryl methyl sites for hydroxylation is 1. The molecule has 0 bridgehead atoms. The molecule has 6 radical (unpaired) electrons. The maximum Gasteiger partial charge on any atom is 0.326 e. The minimum Gasteiger partial charge on any atom is -0.506 e. The molecule has 0 spiro atoms. The second kappa shape index (κ2) is 8.78. The number of hydrogen-bond acceptors (Lipinski definition) is 4. The number of nitrogens with zero attached hydrogens (tertiary/aromatic N) is 3. The van der Waals surface area contributed by atoms with Crippen molar-refractivity contribution in [1.29, 1.82) is 0 Å². The van der Waals surface area contributed by atoms with Gasteiger partial charge in [0.25, 0.3) is 0 Å². The minimum atomic E-state index is -0.375. The molecule has 12 heteroatoms. The molecule has 0 atom stereocenters. The van der Waals surface area contributed by atoms with Gasteiger partial charge in [0.2, 0.25) is 0 Å². The molecule has 5 rings (SSSR count). The Balaban J connectivity index is 1.25. The minimum absolute atomic E-state index is 0.0328. The van der Waals surface area contributed by atoms with Crippen molar-refractivity contribution in [2.24, 2.45) is 0 Å². The monoisotopic (exact) mass is 471 g/mol. The molecule has 1 saturated heterocycles. The molecule has 1 aliphatic heterocycles. The number of likely N-dealkylation sites (tertiary alicyclic amines) is 1. The maximum atomic E-state index is 12.5. The van der Waals surface area contributed by atoms with E-state index in [-0.39, 0.29) is 45.1 Å². The predicted molar refractivity (Wildman–Crippen MR) is 137 cm³/mol. The van der Waals surface area contributed by atoms with Crippen LogP contribution < -0.4 is 27.8 Å². The van der Waals surface area contributed by atoms with E-state index in [1.54, 1.807) is 12.1 Å². The number of aromatic nitrogens is 4. The topological polar surface area (TPSA) is 99.0 Å². The Hall–Kier alpha value is -2.78. The lowest BCUT2D eigenvalue weighted by atomic mass is 9.71. The number of halogens is 1. The van der Waals surface area contributed by atoms with Crippen LogP contribution in [0, 0.1) is 0 Å². The van der Waals surface area contributed by atoms with Crippen molar-refractivity contribution in [3.8, 4) is 5.75 Å². The number of H-pyrrole nitrogens is 2. The highest BCUT2D eigenvalue weighted by atomic mass is 35.5. The van der Waals surface area contributed by atoms with Crippen molar-refractivity contribution in [3.63, 3.8) is 0 Å². The lowest BCUT2D eigenvalue weighted by molar-refractivity contribution is 0.183. The number of nitrogens with one attached hydrogen (secondary N) is 2. The molecule has 0 unspecified atom stereocenters. The second-order valence-corrected chi connectivity index (χ2v) is 9.22. The average Bonchev–Trinajstić information content (AvgIpc) is 3.32. The molecule has 3 N–H and O–H groups in total. The van der Waals surface area contributed by atoms with Gasteiger partial charge >= 0.3 is 11.4 Å². The zero-order valence-corrected chi connectivity index (χ0v) is 19.2. The summed E-state index contributed by atoms with van der Waals surface area (Å²) in [5.74, 6) is -0.244. The van der Waals surface area contributed by atoms with Gasteiger partial charge in [0.1, 0.15) is 34.8 Å². The summed E-state index contributed by atoms with van der Waals surface area (Å²) >= 11 is 6.05. The zero-order chi connectivity index (χ0) is 24.1. The van der Waals surface area contributed by atoms with Gasteiger partial charge in [-0.3, -0.25) is 9.13 Å². The SMILES string of the molecule is [B]c1c([B])c(O)c2c([nH]c(=O)n2CCCN2CCC(n3c(=O)[nH]c4cc(Cl)ccc43)CC2)c1[B]. The number of benzene rings is 2. The summed E-state index contributed by atoms with van der Waals surface area (Å²) < 4.78 is 3.28. The number of fused-ring (bicyclic) bond motifs is 2. The Bertz CT molecular complexity index is 1510. The summed E-state index contributed by atoms with van der Waals surface area (Å²) in [4.78, 5) is 32.9. The molecule has 3 heterocycles. The summed E-state index contributed by atoms with van der Waals surface area (Å²) in [6, 6.07) is 5.55. The van der Waals surface area contributed by atoms with E-state index >= 15 is 0 Å². The third kappa shape index (κ3) is 3.80. The summed E-state index contributed by atoms with van der Waals surface area (Å²) in [6.07, 6.45) is 2.37. The van der Waals surface area contributed by atoms with Crippen LogP contribution in [0.3, 0.4) is 0 Å². The van der Waals surface area contributed by atoms with Crippen LogP contribution in [0.2, 0.25) is 5.02 Å². The quantitative estimate of drug-likeness (QED) is 0.340. The maximum absolute atomic E-state index is 12.5. The molecule has 2 aromatic heterocycles. The van der Waals surface area contributed by atoms with Gasteiger partial charge in [-0.1, -0.05) is 22.5 Å². The lowest BCUT2D eigenvalue weighted by Crippen LogP contribution is -2.39. The fourth-order valence-electron chi connectivity index (χ4n) is 4.98. The van der Waals surface area contributed by atoms with Gasteiger partial charge < -0.3 is 20.0 Å². The van der Waals surface area contributed by atoms with Crippen molar-refractivity contribution in [1.82, 2.24) is 24.0 Å². The Morgan fingerprint density at radius 2 is 1.74 bits per heavy atom. The molecule has 2 aromatic carbocycles. The van der Waals surface area contributed by atoms with Crippen molar-refractivity contribution >= 4 is 73.6 Å². The van der Waals surface area contributed by atoms with Crippen molar-refractivity contribution in [3.05, 3.63) is 44.2 Å². The predicted octanol–water partition coefficient (Wildman–Crippen LogP) is -0.560. The van der Waals surface area contributed by atoms with Crippen LogP contribution in [-0.4, -0.2) is 72.3 Å². The van der Waals surface area contributed by atoms with E-state index in [1.807, 2.05) is 10.6 Å². The van der Waals surface area contributed by atoms with E-state index in [0.717, 1.165) is 43.5 Å². The number of hydrogen-bond donors (Lipinski definition) is 3. The Kier molecular flexibility index (Phi) is 5.94. The Labute approximate surface area is 204 Å². The van der Waals surface area contributed by atoms with Gasteiger partial charge in [-0.15, -0.1) is 5.46 Å². The van der Waals surface area contributed by atoms with Gasteiger partial charge in [-0.05, 0) is 44.0 Å². The zero-order valence-electron chi connectivity index (χ0n) is 18.5. The third-order valence-corrected chi connectivity index (χ3v) is 7.00. The van der Waals surface area contributed by atoms with E-state index in [0.29, 0.717) is 23.5 Å². The molecule has 34 heavy (non-hydrogen) atoms. The number of aromatic hydroxyl groups is 1. The number of aromatic amines is 2. The highest BCUT2D eigenvalue weighted by Crippen LogP contribution is 2.26. The number of piperidine rings is 1. The van der Waals surface area contributed by atoms with Gasteiger partial charge in [-0.25, -0.2) is 9.59 Å². The van der Waals surface area contributed by atoms with E-state index in [9.17, 15) is 14.7 Å². The molecular formula is C22H21B3ClN5O3. The molecule has 1 aliphatic rings. The van der Waals surface area contributed by atoms with Gasteiger partial charge in [0.15, 0.2) is 0 Å². The number of rotatable bonds is 5. The summed E-state index contributed by atoms with van der Waals surface area (Å²) in [7, 11) is 17.7. The van der Waals surface area contributed by atoms with Crippen LogP contribution in [-0.2, 0) is 6.54 Å². The highest BCUT2D eigenvalue weighted by Gasteiger charge is 2.24. The summed E-state index contributed by atoms with van der Waals surface area (Å²) in [5, 5.41) is 11.0. The van der Waals surface area contributed by atoms with E-state index in [1.165, 1.54) is 4.57 Å². The first kappa shape index (κ1) is 23.0. The van der Waals surface area contributed by atoms with Crippen LogP contribution in [0.4, 0.5) is 0 Å². The third-order valence-electron chi connectivity index (χ3n) is 6.77. The average molecular weight is 471 g/mol. The first-order chi connectivity index (χ1) is 16.3. The Morgan fingerprint density at radius 3 is 2.47 bits per heavy atom. The fourth-order valence-corrected chi connectivity index (χ4v) is 5.15. The molecular weight excluding hydrogens is 450 g/mol. The van der Waals surface area contributed by atoms with Crippen molar-refractivity contribution in [2.75, 3.05) is 19.6 Å². The molecule has 0 aliphatic carbocycles. The standard InChI is InChI=1S/C22H21B3ClN5O3/c23-15-16(24)18-19(20(32)17(15)25)30(21(33)28-18)7-1-6-29-8-4-12(5-9-29)31-14-3-2-11(26)10-13(14)27-22(31)34/h2-3,10,12,32H,1,4-9H2,(H,27,34)(H,28,33). The van der Waals surface area contributed by atoms with Crippen LogP contribution >= 0.6 is 11.6 Å². The van der Waals surface area contributed by atoms with Crippen LogP contribution in [0.1, 0.15) is 25.3 Å². The molecule has 8 nitrogen and oxygen atoms in total. The van der Waals surface area contributed by atoms with Gasteiger partial charge in [0.05, 0.1) is 16.6 Å². The van der Waals surface area contributed by atoms with E-state index in [4.69, 9.17) is 35.1 Å². The van der Waals surface area contributed by atoms with E-state index in [2.05, 4.69) is 14.9 Å². The largest absolute Gasteiger partial charge is 0.506 e. The molecule has 0 amide bonds. The van der Waals surface area contributed by atoms with Crippen LogP contribution in [0.15, 0.2) is 27.8 Å². The second-order valence-electron chi connectivity index (χ2n) is 8.78. The first-order valence-corrected chi connectivity index (χ1v) is 11.5. The number of phenols is 1. The van der Waals surface area contributed by atoms with Crippen molar-refractivity contribution < 1.29 is 5.11 Å². The Morgan fingerprint density at radius 1 is 1.00 bits per heavy atom. The number of imidazole rings is 2. The van der Waals surface area contributed by atoms with Crippen LogP contribution in [0.25, 0.3) is 22.1 Å². The van der Waals surface area contributed by atoms with Crippen molar-refractivity contribution in [2.45, 2.75) is 31.8 Å². The lowest BCUT2D eigenvalue weighted by Gasteiger charge is -2.32. The summed E-state index contributed by atoms with van der Waals surface area (Å²) in [6.45, 7) is 2.83. The molecule has 1 fully saturated rings. The van der Waals surface area contributed by atoms with Gasteiger partial charge in [-0.2, -0.15) is 0 Å². The van der Waals surface area contributed by atoms with Gasteiger partial charge in [0, 0.05) is 30.7 Å². The number of phenolic OH excluding ortho intramolecular Hbond substituents is 1. The first-order valence-electron chi connectivity index (χ1n) is 11.2. The molecule has 168 valence electrons. The molecule has 0 saturated carbocycles. The fraction of sp³-hybridized carbons (Fsp3) is 0.364. The smallest absolute Gasteiger partial charge is 0.326 e. The summed E-state index contributed by atoms with van der Waals surface area (Å²) in [5.41, 5.74) is 1.85. The molecule has 4 aromatic rings.